The van der Waals surface area contributed by atoms with Gasteiger partial charge in [-0.1, -0.05) is 18.2 Å². The van der Waals surface area contributed by atoms with Crippen LogP contribution in [-0.2, 0) is 12.6 Å². The molecule has 0 N–H and O–H groups in total. The van der Waals surface area contributed by atoms with Gasteiger partial charge in [0.1, 0.15) is 0 Å². The first-order valence-corrected chi connectivity index (χ1v) is 7.98. The maximum atomic E-state index is 13.5. The highest BCUT2D eigenvalue weighted by Gasteiger charge is 2.38. The van der Waals surface area contributed by atoms with E-state index in [1.54, 1.807) is 25.3 Å². The van der Waals surface area contributed by atoms with Gasteiger partial charge in [0.2, 0.25) is 0 Å². The van der Waals surface area contributed by atoms with Crippen molar-refractivity contribution in [1.29, 1.82) is 0 Å². The van der Waals surface area contributed by atoms with E-state index in [0.29, 0.717) is 18.0 Å². The molecule has 2 aromatic carbocycles. The van der Waals surface area contributed by atoms with Crippen LogP contribution in [-0.4, -0.2) is 32.7 Å². The van der Waals surface area contributed by atoms with Crippen molar-refractivity contribution in [2.45, 2.75) is 18.6 Å². The number of hydrogen-bond donors (Lipinski definition) is 0. The fourth-order valence-electron chi connectivity index (χ4n) is 3.47. The number of alkyl halides is 3. The Morgan fingerprint density at radius 1 is 1.00 bits per heavy atom. The molecule has 0 aliphatic carbocycles. The SMILES string of the molecule is COc1cc2c(cc1OC)C(c1ccccc1C(F)(F)F)N(C)CC2. The zero-order valence-corrected chi connectivity index (χ0v) is 14.4. The first-order valence-electron chi connectivity index (χ1n) is 7.98. The third kappa shape index (κ3) is 3.18. The lowest BCUT2D eigenvalue weighted by Crippen LogP contribution is -2.34. The Morgan fingerprint density at radius 2 is 1.64 bits per heavy atom. The first kappa shape index (κ1) is 17.6. The molecule has 1 atom stereocenters. The summed E-state index contributed by atoms with van der Waals surface area (Å²) in [6.07, 6.45) is -3.65. The van der Waals surface area contributed by atoms with E-state index in [1.165, 1.54) is 13.2 Å². The Kier molecular flexibility index (Phi) is 4.64. The molecule has 1 aliphatic rings. The molecule has 0 aromatic heterocycles. The summed E-state index contributed by atoms with van der Waals surface area (Å²) in [7, 11) is 4.92. The molecule has 6 heteroatoms. The van der Waals surface area contributed by atoms with E-state index in [2.05, 4.69) is 0 Å². The van der Waals surface area contributed by atoms with Gasteiger partial charge in [-0.2, -0.15) is 13.2 Å². The molecule has 3 nitrogen and oxygen atoms in total. The van der Waals surface area contributed by atoms with Crippen molar-refractivity contribution in [2.24, 2.45) is 0 Å². The van der Waals surface area contributed by atoms with Crippen molar-refractivity contribution in [2.75, 3.05) is 27.8 Å². The Balaban J connectivity index is 2.20. The van der Waals surface area contributed by atoms with Crippen LogP contribution in [0.5, 0.6) is 11.5 Å². The summed E-state index contributed by atoms with van der Waals surface area (Å²) in [4.78, 5) is 1.94. The Bertz CT molecular complexity index is 774. The summed E-state index contributed by atoms with van der Waals surface area (Å²) in [5.74, 6) is 1.11. The van der Waals surface area contributed by atoms with Crippen molar-refractivity contribution in [3.8, 4) is 11.5 Å². The topological polar surface area (TPSA) is 21.7 Å². The molecule has 1 aliphatic heterocycles. The molecule has 0 fully saturated rings. The lowest BCUT2D eigenvalue weighted by atomic mass is 9.86. The van der Waals surface area contributed by atoms with Crippen molar-refractivity contribution in [3.63, 3.8) is 0 Å². The van der Waals surface area contributed by atoms with Crippen LogP contribution in [0.2, 0.25) is 0 Å². The summed E-state index contributed by atoms with van der Waals surface area (Å²) < 4.78 is 51.2. The number of rotatable bonds is 3. The van der Waals surface area contributed by atoms with Crippen molar-refractivity contribution < 1.29 is 22.6 Å². The quantitative estimate of drug-likeness (QED) is 0.823. The van der Waals surface area contributed by atoms with Crippen LogP contribution in [0, 0.1) is 0 Å². The van der Waals surface area contributed by atoms with Gasteiger partial charge in [0.15, 0.2) is 11.5 Å². The molecule has 0 saturated carbocycles. The molecule has 25 heavy (non-hydrogen) atoms. The largest absolute Gasteiger partial charge is 0.493 e. The molecule has 0 radical (unpaired) electrons. The number of ether oxygens (including phenoxy) is 2. The molecule has 0 saturated heterocycles. The predicted octanol–water partition coefficient (Wildman–Crippen LogP) is 4.30. The standard InChI is InChI=1S/C19H20F3NO2/c1-23-9-8-12-10-16(24-2)17(25-3)11-14(12)18(23)13-6-4-5-7-15(13)19(20,21)22/h4-7,10-11,18H,8-9H2,1-3H3. The van der Waals surface area contributed by atoms with Crippen LogP contribution < -0.4 is 9.47 Å². The molecule has 134 valence electrons. The number of methoxy groups -OCH3 is 2. The molecule has 1 unspecified atom stereocenters. The second kappa shape index (κ2) is 6.59. The molecule has 2 aromatic rings. The number of likely N-dealkylation sites (N-methyl/N-ethyl adjacent to an activating group) is 1. The van der Waals surface area contributed by atoms with Crippen LogP contribution in [0.1, 0.15) is 28.3 Å². The third-order valence-corrected chi connectivity index (χ3v) is 4.68. The van der Waals surface area contributed by atoms with Crippen molar-refractivity contribution in [3.05, 3.63) is 58.7 Å². The van der Waals surface area contributed by atoms with Gasteiger partial charge < -0.3 is 9.47 Å². The van der Waals surface area contributed by atoms with E-state index in [1.807, 2.05) is 18.0 Å². The van der Waals surface area contributed by atoms with Gasteiger partial charge >= 0.3 is 6.18 Å². The van der Waals surface area contributed by atoms with E-state index >= 15 is 0 Å². The molecular formula is C19H20F3NO2. The zero-order valence-electron chi connectivity index (χ0n) is 14.4. The number of fused-ring (bicyclic) bond motifs is 1. The zero-order chi connectivity index (χ0) is 18.2. The van der Waals surface area contributed by atoms with Gasteiger partial charge in [0.05, 0.1) is 25.8 Å². The Morgan fingerprint density at radius 3 is 2.28 bits per heavy atom. The number of nitrogens with zero attached hydrogens (tertiary/aromatic N) is 1. The lowest BCUT2D eigenvalue weighted by molar-refractivity contribution is -0.138. The molecule has 0 amide bonds. The molecular weight excluding hydrogens is 331 g/mol. The summed E-state index contributed by atoms with van der Waals surface area (Å²) in [6, 6.07) is 8.93. The normalized spacial score (nSPS) is 17.9. The van der Waals surface area contributed by atoms with Crippen molar-refractivity contribution >= 4 is 0 Å². The predicted molar refractivity (Wildman–Crippen MR) is 89.2 cm³/mol. The smallest absolute Gasteiger partial charge is 0.416 e. The minimum absolute atomic E-state index is 0.255. The highest BCUT2D eigenvalue weighted by molar-refractivity contribution is 5.52. The number of halogens is 3. The van der Waals surface area contributed by atoms with Crippen LogP contribution in [0.3, 0.4) is 0 Å². The van der Waals surface area contributed by atoms with Gasteiger partial charge in [-0.05, 0) is 48.4 Å². The second-order valence-corrected chi connectivity index (χ2v) is 6.12. The highest BCUT2D eigenvalue weighted by Crippen LogP contribution is 2.44. The minimum atomic E-state index is -4.40. The average Bonchev–Trinajstić information content (AvgIpc) is 2.59. The summed E-state index contributed by atoms with van der Waals surface area (Å²) >= 11 is 0. The lowest BCUT2D eigenvalue weighted by Gasteiger charge is -2.36. The summed E-state index contributed by atoms with van der Waals surface area (Å²) in [6.45, 7) is 0.666. The molecule has 3 rings (SSSR count). The molecule has 0 spiro atoms. The van der Waals surface area contributed by atoms with E-state index in [4.69, 9.17) is 9.47 Å². The second-order valence-electron chi connectivity index (χ2n) is 6.12. The molecule has 0 bridgehead atoms. The Hall–Kier alpha value is -2.21. The highest BCUT2D eigenvalue weighted by atomic mass is 19.4. The third-order valence-electron chi connectivity index (χ3n) is 4.68. The van der Waals surface area contributed by atoms with E-state index < -0.39 is 17.8 Å². The van der Waals surface area contributed by atoms with Gasteiger partial charge in [-0.25, -0.2) is 0 Å². The van der Waals surface area contributed by atoms with Gasteiger partial charge in [0.25, 0.3) is 0 Å². The van der Waals surface area contributed by atoms with Gasteiger partial charge in [-0.15, -0.1) is 0 Å². The van der Waals surface area contributed by atoms with E-state index in [0.717, 1.165) is 23.6 Å². The first-order chi connectivity index (χ1) is 11.9. The van der Waals surface area contributed by atoms with Crippen LogP contribution in [0.25, 0.3) is 0 Å². The maximum absolute atomic E-state index is 13.5. The van der Waals surface area contributed by atoms with Crippen LogP contribution in [0.4, 0.5) is 13.2 Å². The van der Waals surface area contributed by atoms with E-state index in [9.17, 15) is 13.2 Å². The monoisotopic (exact) mass is 351 g/mol. The van der Waals surface area contributed by atoms with Crippen LogP contribution >= 0.6 is 0 Å². The maximum Gasteiger partial charge on any atom is 0.416 e. The number of benzene rings is 2. The Labute approximate surface area is 145 Å². The summed E-state index contributed by atoms with van der Waals surface area (Å²) in [5, 5.41) is 0. The minimum Gasteiger partial charge on any atom is -0.493 e. The molecule has 1 heterocycles. The van der Waals surface area contributed by atoms with Crippen LogP contribution in [0.15, 0.2) is 36.4 Å². The summed E-state index contributed by atoms with van der Waals surface area (Å²) in [5.41, 5.74) is 1.46. The van der Waals surface area contributed by atoms with Gasteiger partial charge in [-0.3, -0.25) is 4.90 Å². The fraction of sp³-hybridized carbons (Fsp3) is 0.368. The number of hydrogen-bond acceptors (Lipinski definition) is 3. The average molecular weight is 351 g/mol. The van der Waals surface area contributed by atoms with Gasteiger partial charge in [0, 0.05) is 6.54 Å². The fourth-order valence-corrected chi connectivity index (χ4v) is 3.47. The van der Waals surface area contributed by atoms with E-state index in [-0.39, 0.29) is 5.56 Å². The van der Waals surface area contributed by atoms with Crippen molar-refractivity contribution in [1.82, 2.24) is 4.90 Å².